The zero-order chi connectivity index (χ0) is 21.6. The number of carbonyl (C=O) groups excluding carboxylic acids is 1. The molecule has 2 aromatic heterocycles. The maximum Gasteiger partial charge on any atom is 0.257 e. The molecular formula is C22H19N5O3S. The van der Waals surface area contributed by atoms with Crippen molar-refractivity contribution in [3.8, 4) is 22.2 Å². The summed E-state index contributed by atoms with van der Waals surface area (Å²) < 4.78 is 11.5. The number of hydrogen-bond acceptors (Lipinski definition) is 8. The highest BCUT2D eigenvalue weighted by Crippen LogP contribution is 2.32. The number of rotatable bonds is 7. The van der Waals surface area contributed by atoms with Crippen molar-refractivity contribution in [2.45, 2.75) is 13.0 Å². The molecule has 0 bridgehead atoms. The van der Waals surface area contributed by atoms with Gasteiger partial charge in [-0.2, -0.15) is 0 Å². The fourth-order valence-corrected chi connectivity index (χ4v) is 3.57. The van der Waals surface area contributed by atoms with E-state index in [0.29, 0.717) is 32.9 Å². The van der Waals surface area contributed by atoms with Crippen LogP contribution in [0.5, 0.6) is 11.5 Å². The summed E-state index contributed by atoms with van der Waals surface area (Å²) in [5, 5.41) is 11.8. The number of benzene rings is 2. The Morgan fingerprint density at radius 2 is 1.90 bits per heavy atom. The van der Waals surface area contributed by atoms with E-state index in [9.17, 15) is 4.79 Å². The van der Waals surface area contributed by atoms with Gasteiger partial charge in [-0.3, -0.25) is 10.1 Å². The summed E-state index contributed by atoms with van der Waals surface area (Å²) in [4.78, 5) is 20.7. The number of anilines is 1. The lowest BCUT2D eigenvalue weighted by Gasteiger charge is -2.17. The molecule has 0 unspecified atom stereocenters. The Morgan fingerprint density at radius 1 is 1.06 bits per heavy atom. The van der Waals surface area contributed by atoms with Gasteiger partial charge in [0.2, 0.25) is 5.13 Å². The minimum absolute atomic E-state index is 0.170. The maximum atomic E-state index is 12.7. The van der Waals surface area contributed by atoms with Gasteiger partial charge in [0.1, 0.15) is 18.1 Å². The van der Waals surface area contributed by atoms with Gasteiger partial charge in [-0.05, 0) is 36.8 Å². The third-order valence-electron chi connectivity index (χ3n) is 4.45. The van der Waals surface area contributed by atoms with Gasteiger partial charge in [-0.15, -0.1) is 10.2 Å². The lowest BCUT2D eigenvalue weighted by Crippen LogP contribution is -2.12. The van der Waals surface area contributed by atoms with Crippen LogP contribution in [0.2, 0.25) is 0 Å². The van der Waals surface area contributed by atoms with Gasteiger partial charge >= 0.3 is 0 Å². The van der Waals surface area contributed by atoms with E-state index in [1.807, 2.05) is 37.3 Å². The lowest BCUT2D eigenvalue weighted by molar-refractivity contribution is 0.102. The van der Waals surface area contributed by atoms with Crippen molar-refractivity contribution in [2.24, 2.45) is 0 Å². The number of aromatic nitrogens is 4. The number of ether oxygens (including phenoxy) is 2. The van der Waals surface area contributed by atoms with E-state index in [0.717, 1.165) is 5.56 Å². The molecule has 0 saturated heterocycles. The minimum atomic E-state index is -0.327. The zero-order valence-corrected chi connectivity index (χ0v) is 17.7. The standard InChI is InChI=1S/C22H19N5O3S/c1-14(15-6-4-3-5-7-15)30-18-9-8-16(12-19(18)29-2)20(28)25-22-27-26-21(31-22)17-10-11-23-13-24-17/h3-14H,1-2H3,(H,25,27,28)/t14-/m0/s1. The summed E-state index contributed by atoms with van der Waals surface area (Å²) in [6.07, 6.45) is 2.89. The fraction of sp³-hybridized carbons (Fsp3) is 0.136. The number of nitrogens with zero attached hydrogens (tertiary/aromatic N) is 4. The molecule has 0 aliphatic rings. The van der Waals surface area contributed by atoms with Crippen molar-refractivity contribution >= 4 is 22.4 Å². The molecule has 0 saturated carbocycles. The lowest BCUT2D eigenvalue weighted by atomic mass is 10.1. The predicted molar refractivity (Wildman–Crippen MR) is 117 cm³/mol. The highest BCUT2D eigenvalue weighted by Gasteiger charge is 2.16. The Morgan fingerprint density at radius 3 is 2.65 bits per heavy atom. The van der Waals surface area contributed by atoms with Crippen LogP contribution >= 0.6 is 11.3 Å². The molecule has 8 nitrogen and oxygen atoms in total. The van der Waals surface area contributed by atoms with Gasteiger partial charge in [0, 0.05) is 11.8 Å². The van der Waals surface area contributed by atoms with E-state index in [-0.39, 0.29) is 12.0 Å². The molecule has 4 rings (SSSR count). The largest absolute Gasteiger partial charge is 0.493 e. The summed E-state index contributed by atoms with van der Waals surface area (Å²) in [6, 6.07) is 16.6. The van der Waals surface area contributed by atoms with Crippen LogP contribution in [0.4, 0.5) is 5.13 Å². The third kappa shape index (κ3) is 4.84. The second-order valence-corrected chi connectivity index (χ2v) is 7.48. The van der Waals surface area contributed by atoms with Crippen LogP contribution in [0.25, 0.3) is 10.7 Å². The van der Waals surface area contributed by atoms with Crippen LogP contribution in [0, 0.1) is 0 Å². The first-order valence-electron chi connectivity index (χ1n) is 9.45. The van der Waals surface area contributed by atoms with E-state index in [2.05, 4.69) is 25.5 Å². The van der Waals surface area contributed by atoms with Crippen molar-refractivity contribution in [2.75, 3.05) is 12.4 Å². The maximum absolute atomic E-state index is 12.7. The second kappa shape index (κ2) is 9.31. The quantitative estimate of drug-likeness (QED) is 0.461. The Hall–Kier alpha value is -3.85. The van der Waals surface area contributed by atoms with Crippen molar-refractivity contribution in [3.63, 3.8) is 0 Å². The molecule has 1 N–H and O–H groups in total. The van der Waals surface area contributed by atoms with Crippen LogP contribution in [0.1, 0.15) is 28.9 Å². The molecule has 1 amide bonds. The molecular weight excluding hydrogens is 414 g/mol. The average Bonchev–Trinajstić information content (AvgIpc) is 3.29. The zero-order valence-electron chi connectivity index (χ0n) is 16.9. The first kappa shape index (κ1) is 20.4. The van der Waals surface area contributed by atoms with Crippen LogP contribution in [0.3, 0.4) is 0 Å². The van der Waals surface area contributed by atoms with Crippen LogP contribution in [-0.2, 0) is 0 Å². The average molecular weight is 433 g/mol. The molecule has 0 aliphatic heterocycles. The van der Waals surface area contributed by atoms with Gasteiger partial charge < -0.3 is 9.47 Å². The molecule has 9 heteroatoms. The Bertz CT molecular complexity index is 1170. The molecule has 4 aromatic rings. The topological polar surface area (TPSA) is 99.1 Å². The highest BCUT2D eigenvalue weighted by molar-refractivity contribution is 7.18. The Kier molecular flexibility index (Phi) is 6.13. The van der Waals surface area contributed by atoms with E-state index in [1.54, 1.807) is 30.5 Å². The molecule has 2 aromatic carbocycles. The van der Waals surface area contributed by atoms with Gasteiger partial charge in [-0.25, -0.2) is 9.97 Å². The third-order valence-corrected chi connectivity index (χ3v) is 5.31. The number of nitrogens with one attached hydrogen (secondary N) is 1. The predicted octanol–water partition coefficient (Wildman–Crippen LogP) is 4.40. The van der Waals surface area contributed by atoms with Gasteiger partial charge in [0.25, 0.3) is 5.91 Å². The Labute approximate surface area is 182 Å². The first-order valence-corrected chi connectivity index (χ1v) is 10.3. The van der Waals surface area contributed by atoms with E-state index >= 15 is 0 Å². The SMILES string of the molecule is COc1cc(C(=O)Nc2nnc(-c3ccncn3)s2)ccc1O[C@@H](C)c1ccccc1. The molecule has 0 spiro atoms. The summed E-state index contributed by atoms with van der Waals surface area (Å²) in [5.41, 5.74) is 2.10. The van der Waals surface area contributed by atoms with Crippen LogP contribution in [-0.4, -0.2) is 33.2 Å². The van der Waals surface area contributed by atoms with Crippen LogP contribution < -0.4 is 14.8 Å². The first-order chi connectivity index (χ1) is 15.1. The second-order valence-electron chi connectivity index (χ2n) is 6.50. The van der Waals surface area contributed by atoms with Gasteiger partial charge in [0.15, 0.2) is 16.5 Å². The number of methoxy groups -OCH3 is 1. The molecule has 0 radical (unpaired) electrons. The highest BCUT2D eigenvalue weighted by atomic mass is 32.1. The number of hydrogen-bond donors (Lipinski definition) is 1. The Balaban J connectivity index is 1.47. The normalized spacial score (nSPS) is 11.5. The molecule has 1 atom stereocenters. The molecule has 2 heterocycles. The monoisotopic (exact) mass is 433 g/mol. The van der Waals surface area contributed by atoms with Crippen molar-refractivity contribution < 1.29 is 14.3 Å². The molecule has 0 aliphatic carbocycles. The van der Waals surface area contributed by atoms with Crippen molar-refractivity contribution in [1.29, 1.82) is 0 Å². The van der Waals surface area contributed by atoms with Crippen molar-refractivity contribution in [1.82, 2.24) is 20.2 Å². The smallest absolute Gasteiger partial charge is 0.257 e. The fourth-order valence-electron chi connectivity index (χ4n) is 2.85. The van der Waals surface area contributed by atoms with E-state index in [1.165, 1.54) is 24.8 Å². The minimum Gasteiger partial charge on any atom is -0.493 e. The van der Waals surface area contributed by atoms with Gasteiger partial charge in [-0.1, -0.05) is 41.7 Å². The molecule has 156 valence electrons. The van der Waals surface area contributed by atoms with Crippen LogP contribution in [0.15, 0.2) is 67.1 Å². The van der Waals surface area contributed by atoms with Crippen molar-refractivity contribution in [3.05, 3.63) is 78.2 Å². The van der Waals surface area contributed by atoms with E-state index < -0.39 is 0 Å². The van der Waals surface area contributed by atoms with Gasteiger partial charge in [0.05, 0.1) is 7.11 Å². The molecule has 0 fully saturated rings. The summed E-state index contributed by atoms with van der Waals surface area (Å²) in [7, 11) is 1.54. The number of amides is 1. The number of carbonyl (C=O) groups is 1. The molecule has 31 heavy (non-hydrogen) atoms. The summed E-state index contributed by atoms with van der Waals surface area (Å²) >= 11 is 1.23. The summed E-state index contributed by atoms with van der Waals surface area (Å²) in [6.45, 7) is 1.96. The van der Waals surface area contributed by atoms with E-state index in [4.69, 9.17) is 9.47 Å². The summed E-state index contributed by atoms with van der Waals surface area (Å²) in [5.74, 6) is 0.693.